The molecule has 1 amide bonds. The van der Waals surface area contributed by atoms with Crippen molar-refractivity contribution in [2.45, 2.75) is 64.5 Å². The molecule has 4 heteroatoms. The lowest BCUT2D eigenvalue weighted by atomic mass is 9.90. The summed E-state index contributed by atoms with van der Waals surface area (Å²) in [5, 5.41) is 0. The van der Waals surface area contributed by atoms with E-state index >= 15 is 0 Å². The van der Waals surface area contributed by atoms with Crippen molar-refractivity contribution in [2.75, 3.05) is 6.54 Å². The molecule has 2 N–H and O–H groups in total. The third-order valence-corrected chi connectivity index (χ3v) is 4.85. The molecule has 4 atom stereocenters. The summed E-state index contributed by atoms with van der Waals surface area (Å²) in [6.07, 6.45) is 6.54. The number of nitrogens with zero attached hydrogens (tertiary/aromatic N) is 1. The van der Waals surface area contributed by atoms with E-state index in [9.17, 15) is 4.79 Å². The van der Waals surface area contributed by atoms with E-state index in [2.05, 4.69) is 18.7 Å². The first-order valence-electron chi connectivity index (χ1n) is 7.14. The fourth-order valence-electron chi connectivity index (χ4n) is 3.35. The first-order valence-corrected chi connectivity index (χ1v) is 7.14. The molecule has 1 aliphatic carbocycles. The number of amides is 1. The zero-order valence-electron chi connectivity index (χ0n) is 11.6. The van der Waals surface area contributed by atoms with Gasteiger partial charge < -0.3 is 10.6 Å². The van der Waals surface area contributed by atoms with Gasteiger partial charge in [-0.05, 0) is 44.4 Å². The molecule has 2 rings (SSSR count). The van der Waals surface area contributed by atoms with E-state index in [0.717, 1.165) is 25.8 Å². The predicted molar refractivity (Wildman–Crippen MR) is 76.8 cm³/mol. The van der Waals surface area contributed by atoms with E-state index in [-0.39, 0.29) is 18.4 Å². The van der Waals surface area contributed by atoms with Gasteiger partial charge in [0.2, 0.25) is 5.91 Å². The molecule has 106 valence electrons. The molecule has 1 saturated carbocycles. The number of nitrogens with two attached hydrogens (primary N) is 1. The van der Waals surface area contributed by atoms with Gasteiger partial charge in [0.25, 0.3) is 0 Å². The van der Waals surface area contributed by atoms with E-state index in [1.807, 2.05) is 0 Å². The summed E-state index contributed by atoms with van der Waals surface area (Å²) >= 11 is 0. The van der Waals surface area contributed by atoms with Crippen molar-refractivity contribution in [3.8, 4) is 0 Å². The molecule has 0 aromatic heterocycles. The van der Waals surface area contributed by atoms with Crippen molar-refractivity contribution >= 4 is 18.3 Å². The third-order valence-electron chi connectivity index (χ3n) is 4.85. The predicted octanol–water partition coefficient (Wildman–Crippen LogP) is 2.57. The Kier molecular flexibility index (Phi) is 5.93. The molecule has 2 aliphatic rings. The van der Waals surface area contributed by atoms with Crippen molar-refractivity contribution in [1.29, 1.82) is 0 Å². The average molecular weight is 275 g/mol. The molecule has 0 aromatic rings. The molecule has 0 bridgehead atoms. The number of hydrogen-bond acceptors (Lipinski definition) is 2. The van der Waals surface area contributed by atoms with Crippen LogP contribution >= 0.6 is 12.4 Å². The van der Waals surface area contributed by atoms with Crippen LogP contribution in [0.4, 0.5) is 0 Å². The minimum atomic E-state index is 0. The van der Waals surface area contributed by atoms with Crippen LogP contribution in [0.1, 0.15) is 52.4 Å². The number of hydrogen-bond donors (Lipinski definition) is 1. The van der Waals surface area contributed by atoms with Crippen LogP contribution in [0.25, 0.3) is 0 Å². The SMILES string of the molecule is CC1CCCN(C(=O)C[C@@H]2CCC[C@H]2N)C1C.Cl. The summed E-state index contributed by atoms with van der Waals surface area (Å²) < 4.78 is 0. The van der Waals surface area contributed by atoms with Gasteiger partial charge in [-0.2, -0.15) is 0 Å². The van der Waals surface area contributed by atoms with Gasteiger partial charge in [0.15, 0.2) is 0 Å². The summed E-state index contributed by atoms with van der Waals surface area (Å²) in [7, 11) is 0. The second-order valence-corrected chi connectivity index (χ2v) is 6.01. The van der Waals surface area contributed by atoms with Crippen LogP contribution in [0.15, 0.2) is 0 Å². The van der Waals surface area contributed by atoms with Crippen LogP contribution in [-0.2, 0) is 4.79 Å². The van der Waals surface area contributed by atoms with Crippen LogP contribution in [0.2, 0.25) is 0 Å². The van der Waals surface area contributed by atoms with E-state index in [4.69, 9.17) is 5.73 Å². The quantitative estimate of drug-likeness (QED) is 0.841. The van der Waals surface area contributed by atoms with Crippen molar-refractivity contribution in [3.05, 3.63) is 0 Å². The number of carbonyl (C=O) groups is 1. The highest BCUT2D eigenvalue weighted by molar-refractivity contribution is 5.85. The second-order valence-electron chi connectivity index (χ2n) is 6.01. The fraction of sp³-hybridized carbons (Fsp3) is 0.929. The topological polar surface area (TPSA) is 46.3 Å². The molecule has 2 fully saturated rings. The molecular formula is C14H27ClN2O. The van der Waals surface area contributed by atoms with Crippen LogP contribution in [0.3, 0.4) is 0 Å². The van der Waals surface area contributed by atoms with E-state index in [1.165, 1.54) is 12.8 Å². The Morgan fingerprint density at radius 2 is 1.94 bits per heavy atom. The molecule has 1 saturated heterocycles. The van der Waals surface area contributed by atoms with Crippen molar-refractivity contribution < 1.29 is 4.79 Å². The van der Waals surface area contributed by atoms with Crippen molar-refractivity contribution in [1.82, 2.24) is 4.90 Å². The highest BCUT2D eigenvalue weighted by atomic mass is 35.5. The maximum absolute atomic E-state index is 12.3. The Morgan fingerprint density at radius 1 is 1.22 bits per heavy atom. The molecule has 1 aliphatic heterocycles. The lowest BCUT2D eigenvalue weighted by molar-refractivity contribution is -0.136. The minimum Gasteiger partial charge on any atom is -0.340 e. The molecule has 0 radical (unpaired) electrons. The summed E-state index contributed by atoms with van der Waals surface area (Å²) in [6.45, 7) is 5.40. The van der Waals surface area contributed by atoms with E-state index in [1.54, 1.807) is 0 Å². The highest BCUT2D eigenvalue weighted by Gasteiger charge is 2.32. The van der Waals surface area contributed by atoms with Crippen LogP contribution in [-0.4, -0.2) is 29.4 Å². The lowest BCUT2D eigenvalue weighted by Crippen LogP contribution is -2.47. The van der Waals surface area contributed by atoms with Crippen LogP contribution in [0, 0.1) is 11.8 Å². The summed E-state index contributed by atoms with van der Waals surface area (Å²) in [5.41, 5.74) is 6.05. The molecule has 18 heavy (non-hydrogen) atoms. The Morgan fingerprint density at radius 3 is 2.56 bits per heavy atom. The Hall–Kier alpha value is -0.280. The largest absolute Gasteiger partial charge is 0.340 e. The Labute approximate surface area is 117 Å². The number of likely N-dealkylation sites (tertiary alicyclic amines) is 1. The first kappa shape index (κ1) is 15.8. The standard InChI is InChI=1S/C14H26N2O.ClH/c1-10-5-4-8-16(11(10)2)14(17)9-12-6-3-7-13(12)15;/h10-13H,3-9,15H2,1-2H3;1H/t10?,11?,12-,13+;/m0./s1. The Bertz CT molecular complexity index is 285. The minimum absolute atomic E-state index is 0. The second kappa shape index (κ2) is 6.76. The van der Waals surface area contributed by atoms with Crippen molar-refractivity contribution in [2.24, 2.45) is 17.6 Å². The molecule has 0 aromatic carbocycles. The van der Waals surface area contributed by atoms with Gasteiger partial charge in [-0.1, -0.05) is 13.3 Å². The van der Waals surface area contributed by atoms with Gasteiger partial charge in [-0.3, -0.25) is 4.79 Å². The first-order chi connectivity index (χ1) is 8.09. The van der Waals surface area contributed by atoms with E-state index in [0.29, 0.717) is 30.2 Å². The number of halogens is 1. The molecule has 1 heterocycles. The summed E-state index contributed by atoms with van der Waals surface area (Å²) in [5.74, 6) is 1.42. The Balaban J connectivity index is 0.00000162. The average Bonchev–Trinajstić information content (AvgIpc) is 2.68. The molecule has 3 nitrogen and oxygen atoms in total. The normalized spacial score (nSPS) is 36.3. The molecular weight excluding hydrogens is 248 g/mol. The van der Waals surface area contributed by atoms with Gasteiger partial charge in [0.1, 0.15) is 0 Å². The van der Waals surface area contributed by atoms with Crippen LogP contribution < -0.4 is 5.73 Å². The molecule has 2 unspecified atom stereocenters. The third kappa shape index (κ3) is 3.39. The van der Waals surface area contributed by atoms with Gasteiger partial charge in [0, 0.05) is 25.0 Å². The van der Waals surface area contributed by atoms with Gasteiger partial charge in [0.05, 0.1) is 0 Å². The zero-order chi connectivity index (χ0) is 12.4. The maximum atomic E-state index is 12.3. The monoisotopic (exact) mass is 274 g/mol. The summed E-state index contributed by atoms with van der Waals surface area (Å²) in [4.78, 5) is 14.4. The van der Waals surface area contributed by atoms with E-state index < -0.39 is 0 Å². The fourth-order valence-corrected chi connectivity index (χ4v) is 3.35. The molecule has 0 spiro atoms. The van der Waals surface area contributed by atoms with Crippen molar-refractivity contribution in [3.63, 3.8) is 0 Å². The van der Waals surface area contributed by atoms with Crippen LogP contribution in [0.5, 0.6) is 0 Å². The number of piperidine rings is 1. The lowest BCUT2D eigenvalue weighted by Gasteiger charge is -2.38. The maximum Gasteiger partial charge on any atom is 0.223 e. The van der Waals surface area contributed by atoms with Gasteiger partial charge in [-0.15, -0.1) is 12.4 Å². The zero-order valence-corrected chi connectivity index (χ0v) is 12.4. The highest BCUT2D eigenvalue weighted by Crippen LogP contribution is 2.29. The smallest absolute Gasteiger partial charge is 0.223 e. The van der Waals surface area contributed by atoms with Gasteiger partial charge in [-0.25, -0.2) is 0 Å². The van der Waals surface area contributed by atoms with Gasteiger partial charge >= 0.3 is 0 Å². The summed E-state index contributed by atoms with van der Waals surface area (Å²) in [6, 6.07) is 0.672. The number of carbonyl (C=O) groups excluding carboxylic acids is 1. The number of rotatable bonds is 2.